The smallest absolute Gasteiger partial charge is 0.276 e. The summed E-state index contributed by atoms with van der Waals surface area (Å²) in [6.07, 6.45) is 5.97. The van der Waals surface area contributed by atoms with Crippen molar-refractivity contribution in [3.05, 3.63) is 66.1 Å². The molecule has 0 spiro atoms. The lowest BCUT2D eigenvalue weighted by Gasteiger charge is -2.23. The van der Waals surface area contributed by atoms with Crippen molar-refractivity contribution in [2.45, 2.75) is 32.0 Å². The first-order chi connectivity index (χ1) is 13.7. The number of rotatable bonds is 6. The van der Waals surface area contributed by atoms with Gasteiger partial charge in [-0.05, 0) is 18.4 Å². The van der Waals surface area contributed by atoms with Gasteiger partial charge >= 0.3 is 0 Å². The van der Waals surface area contributed by atoms with Gasteiger partial charge in [0.1, 0.15) is 6.26 Å². The van der Waals surface area contributed by atoms with Crippen LogP contribution in [0.4, 0.5) is 0 Å². The van der Waals surface area contributed by atoms with Gasteiger partial charge in [-0.25, -0.2) is 9.67 Å². The lowest BCUT2D eigenvalue weighted by atomic mass is 10.2. The van der Waals surface area contributed by atoms with Gasteiger partial charge in [-0.1, -0.05) is 35.5 Å². The Morgan fingerprint density at radius 2 is 2.07 bits per heavy atom. The molecular formula is C19H20N6O3. The Bertz CT molecular complexity index is 938. The Kier molecular flexibility index (Phi) is 5.14. The van der Waals surface area contributed by atoms with Gasteiger partial charge in [-0.15, -0.1) is 5.10 Å². The standard InChI is InChI=1S/C19H20N6O3/c26-18(20-9-14-5-2-1-3-6-14)16-11-24(23-22-16)10-15-7-4-8-25(15)19(27)17-12-28-13-21-17/h1-3,5-6,11-13,15H,4,7-10H2,(H,20,26). The molecule has 1 unspecified atom stereocenters. The fourth-order valence-corrected chi connectivity index (χ4v) is 3.33. The Balaban J connectivity index is 1.36. The zero-order chi connectivity index (χ0) is 19.3. The molecule has 1 saturated heterocycles. The summed E-state index contributed by atoms with van der Waals surface area (Å²) in [5.41, 5.74) is 1.56. The van der Waals surface area contributed by atoms with Crippen LogP contribution in [0.2, 0.25) is 0 Å². The molecule has 1 atom stereocenters. The number of hydrogen-bond donors (Lipinski definition) is 1. The van der Waals surface area contributed by atoms with Crippen LogP contribution < -0.4 is 5.32 Å². The van der Waals surface area contributed by atoms with E-state index in [0.29, 0.717) is 25.3 Å². The number of nitrogens with one attached hydrogen (secondary N) is 1. The molecule has 1 fully saturated rings. The molecule has 0 aliphatic carbocycles. The largest absolute Gasteiger partial charge is 0.451 e. The SMILES string of the molecule is O=C(NCc1ccccc1)c1cn(CC2CCCN2C(=O)c2cocn2)nn1. The molecular weight excluding hydrogens is 360 g/mol. The second-order valence-corrected chi connectivity index (χ2v) is 6.66. The minimum Gasteiger partial charge on any atom is -0.451 e. The minimum atomic E-state index is -0.281. The molecule has 2 amide bonds. The first kappa shape index (κ1) is 17.9. The maximum atomic E-state index is 12.5. The third kappa shape index (κ3) is 3.93. The van der Waals surface area contributed by atoms with Crippen LogP contribution in [-0.2, 0) is 13.1 Å². The molecule has 144 valence electrons. The lowest BCUT2D eigenvalue weighted by Crippen LogP contribution is -2.38. The highest BCUT2D eigenvalue weighted by molar-refractivity contribution is 5.92. The number of benzene rings is 1. The van der Waals surface area contributed by atoms with E-state index in [2.05, 4.69) is 20.6 Å². The Morgan fingerprint density at radius 3 is 2.86 bits per heavy atom. The van der Waals surface area contributed by atoms with Crippen LogP contribution in [-0.4, -0.2) is 49.3 Å². The molecule has 0 bridgehead atoms. The summed E-state index contributed by atoms with van der Waals surface area (Å²) < 4.78 is 6.51. The molecule has 0 saturated carbocycles. The predicted molar refractivity (Wildman–Crippen MR) is 98.2 cm³/mol. The van der Waals surface area contributed by atoms with E-state index in [4.69, 9.17) is 4.42 Å². The quantitative estimate of drug-likeness (QED) is 0.695. The maximum Gasteiger partial charge on any atom is 0.276 e. The molecule has 1 aliphatic heterocycles. The van der Waals surface area contributed by atoms with Gasteiger partial charge in [0, 0.05) is 13.1 Å². The van der Waals surface area contributed by atoms with Crippen molar-refractivity contribution in [1.29, 1.82) is 0 Å². The van der Waals surface area contributed by atoms with Crippen LogP contribution in [0, 0.1) is 0 Å². The van der Waals surface area contributed by atoms with Gasteiger partial charge < -0.3 is 14.6 Å². The zero-order valence-electron chi connectivity index (χ0n) is 15.2. The molecule has 9 nitrogen and oxygen atoms in total. The molecule has 1 aromatic carbocycles. The summed E-state index contributed by atoms with van der Waals surface area (Å²) in [5, 5.41) is 10.8. The highest BCUT2D eigenvalue weighted by atomic mass is 16.3. The second-order valence-electron chi connectivity index (χ2n) is 6.66. The minimum absolute atomic E-state index is 0.0221. The number of aromatic nitrogens is 4. The molecule has 3 heterocycles. The zero-order valence-corrected chi connectivity index (χ0v) is 15.2. The summed E-state index contributed by atoms with van der Waals surface area (Å²) in [5.74, 6) is -0.436. The predicted octanol–water partition coefficient (Wildman–Crippen LogP) is 1.50. The molecule has 1 N–H and O–H groups in total. The topological polar surface area (TPSA) is 106 Å². The van der Waals surface area contributed by atoms with E-state index >= 15 is 0 Å². The molecule has 2 aromatic heterocycles. The Hall–Kier alpha value is -3.49. The van der Waals surface area contributed by atoms with Crippen molar-refractivity contribution in [3.63, 3.8) is 0 Å². The van der Waals surface area contributed by atoms with Gasteiger partial charge in [0.25, 0.3) is 11.8 Å². The normalized spacial score (nSPS) is 16.3. The van der Waals surface area contributed by atoms with E-state index in [9.17, 15) is 9.59 Å². The third-order valence-corrected chi connectivity index (χ3v) is 4.75. The van der Waals surface area contributed by atoms with Crippen LogP contribution >= 0.6 is 0 Å². The lowest BCUT2D eigenvalue weighted by molar-refractivity contribution is 0.0714. The fraction of sp³-hybridized carbons (Fsp3) is 0.316. The van der Waals surface area contributed by atoms with E-state index in [1.54, 1.807) is 15.8 Å². The van der Waals surface area contributed by atoms with Crippen molar-refractivity contribution in [3.8, 4) is 0 Å². The summed E-state index contributed by atoms with van der Waals surface area (Å²) in [4.78, 5) is 30.5. The van der Waals surface area contributed by atoms with Crippen LogP contribution in [0.5, 0.6) is 0 Å². The number of carbonyl (C=O) groups is 2. The highest BCUT2D eigenvalue weighted by Crippen LogP contribution is 2.21. The monoisotopic (exact) mass is 380 g/mol. The molecule has 1 aliphatic rings. The first-order valence-electron chi connectivity index (χ1n) is 9.12. The number of likely N-dealkylation sites (tertiary alicyclic amines) is 1. The molecule has 9 heteroatoms. The number of oxazole rings is 1. The van der Waals surface area contributed by atoms with E-state index in [0.717, 1.165) is 18.4 Å². The van der Waals surface area contributed by atoms with Gasteiger partial charge in [0.15, 0.2) is 17.8 Å². The average Bonchev–Trinajstić information content (AvgIpc) is 3.48. The molecule has 4 rings (SSSR count). The molecule has 28 heavy (non-hydrogen) atoms. The van der Waals surface area contributed by atoms with E-state index < -0.39 is 0 Å². The first-order valence-corrected chi connectivity index (χ1v) is 9.12. The third-order valence-electron chi connectivity index (χ3n) is 4.75. The van der Waals surface area contributed by atoms with E-state index in [1.807, 2.05) is 30.3 Å². The number of nitrogens with zero attached hydrogens (tertiary/aromatic N) is 5. The summed E-state index contributed by atoms with van der Waals surface area (Å²) >= 11 is 0. The number of hydrogen-bond acceptors (Lipinski definition) is 6. The number of carbonyl (C=O) groups excluding carboxylic acids is 2. The van der Waals surface area contributed by atoms with Crippen molar-refractivity contribution < 1.29 is 14.0 Å². The fourth-order valence-electron chi connectivity index (χ4n) is 3.33. The van der Waals surface area contributed by atoms with E-state index in [-0.39, 0.29) is 23.6 Å². The number of amides is 2. The van der Waals surface area contributed by atoms with Crippen molar-refractivity contribution >= 4 is 11.8 Å². The van der Waals surface area contributed by atoms with Crippen molar-refractivity contribution in [1.82, 2.24) is 30.2 Å². The summed E-state index contributed by atoms with van der Waals surface area (Å²) in [6.45, 7) is 1.56. The highest BCUT2D eigenvalue weighted by Gasteiger charge is 2.31. The molecule has 3 aromatic rings. The van der Waals surface area contributed by atoms with E-state index in [1.165, 1.54) is 12.7 Å². The Labute approximate surface area is 161 Å². The second kappa shape index (κ2) is 8.03. The Morgan fingerprint density at radius 1 is 1.21 bits per heavy atom. The maximum absolute atomic E-state index is 12.5. The van der Waals surface area contributed by atoms with Crippen LogP contribution in [0.3, 0.4) is 0 Å². The summed E-state index contributed by atoms with van der Waals surface area (Å²) in [7, 11) is 0. The van der Waals surface area contributed by atoms with Gasteiger partial charge in [0.05, 0.1) is 18.8 Å². The van der Waals surface area contributed by atoms with Crippen molar-refractivity contribution in [2.24, 2.45) is 0 Å². The molecule has 0 radical (unpaired) electrons. The average molecular weight is 380 g/mol. The van der Waals surface area contributed by atoms with Crippen molar-refractivity contribution in [2.75, 3.05) is 6.54 Å². The van der Waals surface area contributed by atoms with Crippen LogP contribution in [0.25, 0.3) is 0 Å². The van der Waals surface area contributed by atoms with Crippen LogP contribution in [0.15, 0.2) is 53.6 Å². The van der Waals surface area contributed by atoms with Crippen LogP contribution in [0.1, 0.15) is 39.4 Å². The van der Waals surface area contributed by atoms with Gasteiger partial charge in [-0.2, -0.15) is 0 Å². The van der Waals surface area contributed by atoms with Gasteiger partial charge in [-0.3, -0.25) is 9.59 Å². The summed E-state index contributed by atoms with van der Waals surface area (Å²) in [6, 6.07) is 9.63. The van der Waals surface area contributed by atoms with Gasteiger partial charge in [0.2, 0.25) is 0 Å².